The highest BCUT2D eigenvalue weighted by atomic mass is 32.2. The lowest BCUT2D eigenvalue weighted by atomic mass is 10.2. The van der Waals surface area contributed by atoms with Crippen LogP contribution < -0.4 is 0 Å². The lowest BCUT2D eigenvalue weighted by molar-refractivity contribution is 0.535. The van der Waals surface area contributed by atoms with E-state index >= 15 is 0 Å². The molecule has 1 aliphatic heterocycles. The number of aromatic nitrogens is 1. The molecule has 1 atom stereocenters. The van der Waals surface area contributed by atoms with Gasteiger partial charge in [-0.3, -0.25) is 0 Å². The van der Waals surface area contributed by atoms with Crippen LogP contribution in [0.15, 0.2) is 12.1 Å². The normalized spacial score (nSPS) is 25.4. The van der Waals surface area contributed by atoms with Crippen molar-refractivity contribution in [3.63, 3.8) is 0 Å². The molecule has 14 heavy (non-hydrogen) atoms. The van der Waals surface area contributed by atoms with Crippen molar-refractivity contribution >= 4 is 9.84 Å². The monoisotopic (exact) mass is 213 g/mol. The van der Waals surface area contributed by atoms with E-state index in [1.807, 2.05) is 26.0 Å². The van der Waals surface area contributed by atoms with Crippen molar-refractivity contribution in [3.05, 3.63) is 23.5 Å². The van der Waals surface area contributed by atoms with Gasteiger partial charge in [-0.1, -0.05) is 0 Å². The quantitative estimate of drug-likeness (QED) is 0.708. The summed E-state index contributed by atoms with van der Waals surface area (Å²) in [4.78, 5) is 0. The van der Waals surface area contributed by atoms with Gasteiger partial charge in [-0.05, 0) is 32.4 Å². The smallest absolute Gasteiger partial charge is 0.152 e. The minimum Gasteiger partial charge on any atom is -0.345 e. The van der Waals surface area contributed by atoms with E-state index < -0.39 is 9.84 Å². The van der Waals surface area contributed by atoms with Gasteiger partial charge in [0.1, 0.15) is 0 Å². The van der Waals surface area contributed by atoms with Crippen LogP contribution in [-0.4, -0.2) is 24.5 Å². The number of aryl methyl sites for hydroxylation is 2. The molecule has 2 rings (SSSR count). The number of nitrogens with zero attached hydrogens (tertiary/aromatic N) is 1. The maximum absolute atomic E-state index is 11.3. The van der Waals surface area contributed by atoms with Gasteiger partial charge >= 0.3 is 0 Å². The van der Waals surface area contributed by atoms with Crippen molar-refractivity contribution in [3.8, 4) is 0 Å². The highest BCUT2D eigenvalue weighted by Crippen LogP contribution is 2.26. The Balaban J connectivity index is 2.34. The molecule has 0 radical (unpaired) electrons. The standard InChI is InChI=1S/C10H15NO2S/c1-8-3-4-9(2)11(8)10-5-6-14(12,13)7-10/h3-4,10H,5-7H2,1-2H3/t10-/m1/s1. The summed E-state index contributed by atoms with van der Waals surface area (Å²) < 4.78 is 24.8. The maximum Gasteiger partial charge on any atom is 0.152 e. The van der Waals surface area contributed by atoms with Crippen LogP contribution in [0.5, 0.6) is 0 Å². The molecular weight excluding hydrogens is 198 g/mol. The summed E-state index contributed by atoms with van der Waals surface area (Å²) >= 11 is 0. The molecule has 78 valence electrons. The largest absolute Gasteiger partial charge is 0.345 e. The fourth-order valence-electron chi connectivity index (χ4n) is 2.23. The Morgan fingerprint density at radius 3 is 2.29 bits per heavy atom. The second-order valence-electron chi connectivity index (χ2n) is 4.04. The second-order valence-corrected chi connectivity index (χ2v) is 6.27. The highest BCUT2D eigenvalue weighted by molar-refractivity contribution is 7.91. The van der Waals surface area contributed by atoms with E-state index in [9.17, 15) is 8.42 Å². The van der Waals surface area contributed by atoms with E-state index in [-0.39, 0.29) is 6.04 Å². The Kier molecular flexibility index (Phi) is 2.18. The molecule has 3 nitrogen and oxygen atoms in total. The molecular formula is C10H15NO2S. The van der Waals surface area contributed by atoms with Crippen LogP contribution in [0.4, 0.5) is 0 Å². The van der Waals surface area contributed by atoms with Crippen LogP contribution >= 0.6 is 0 Å². The molecule has 0 aliphatic carbocycles. The van der Waals surface area contributed by atoms with E-state index in [4.69, 9.17) is 0 Å². The lowest BCUT2D eigenvalue weighted by Crippen LogP contribution is -2.13. The first-order chi connectivity index (χ1) is 6.49. The molecule has 1 aromatic heterocycles. The topological polar surface area (TPSA) is 39.1 Å². The van der Waals surface area contributed by atoms with Gasteiger partial charge in [-0.25, -0.2) is 8.42 Å². The molecule has 1 aromatic rings. The van der Waals surface area contributed by atoms with Gasteiger partial charge in [0.25, 0.3) is 0 Å². The molecule has 1 aliphatic rings. The van der Waals surface area contributed by atoms with Crippen LogP contribution in [0.25, 0.3) is 0 Å². The van der Waals surface area contributed by atoms with Gasteiger partial charge in [0, 0.05) is 17.4 Å². The number of rotatable bonds is 1. The molecule has 0 saturated carbocycles. The molecule has 2 heterocycles. The van der Waals surface area contributed by atoms with E-state index in [0.717, 1.165) is 17.8 Å². The predicted octanol–water partition coefficient (Wildman–Crippen LogP) is 1.46. The first kappa shape index (κ1) is 9.77. The molecule has 0 N–H and O–H groups in total. The van der Waals surface area contributed by atoms with E-state index in [1.54, 1.807) is 0 Å². The van der Waals surface area contributed by atoms with Crippen molar-refractivity contribution in [2.24, 2.45) is 0 Å². The fraction of sp³-hybridized carbons (Fsp3) is 0.600. The summed E-state index contributed by atoms with van der Waals surface area (Å²) in [6.07, 6.45) is 0.763. The summed E-state index contributed by atoms with van der Waals surface area (Å²) in [6.45, 7) is 4.05. The van der Waals surface area contributed by atoms with Gasteiger partial charge in [0.15, 0.2) is 9.84 Å². The number of sulfone groups is 1. The van der Waals surface area contributed by atoms with Gasteiger partial charge in [0.2, 0.25) is 0 Å². The van der Waals surface area contributed by atoms with Gasteiger partial charge in [0.05, 0.1) is 11.5 Å². The average molecular weight is 213 g/mol. The van der Waals surface area contributed by atoms with E-state index in [0.29, 0.717) is 11.5 Å². The maximum atomic E-state index is 11.3. The van der Waals surface area contributed by atoms with Crippen molar-refractivity contribution in [1.29, 1.82) is 0 Å². The minimum atomic E-state index is -2.78. The molecule has 0 amide bonds. The fourth-order valence-corrected chi connectivity index (χ4v) is 3.93. The van der Waals surface area contributed by atoms with E-state index in [1.165, 1.54) is 0 Å². The Bertz CT molecular complexity index is 425. The molecule has 0 unspecified atom stereocenters. The lowest BCUT2D eigenvalue weighted by Gasteiger charge is -2.15. The minimum absolute atomic E-state index is 0.162. The zero-order chi connectivity index (χ0) is 10.3. The summed E-state index contributed by atoms with van der Waals surface area (Å²) in [5, 5.41) is 0. The molecule has 1 saturated heterocycles. The number of hydrogen-bond acceptors (Lipinski definition) is 2. The summed E-state index contributed by atoms with van der Waals surface area (Å²) in [5.74, 6) is 0.651. The van der Waals surface area contributed by atoms with Gasteiger partial charge in [-0.15, -0.1) is 0 Å². The first-order valence-electron chi connectivity index (χ1n) is 4.84. The van der Waals surface area contributed by atoms with Crippen LogP contribution in [0.1, 0.15) is 23.9 Å². The zero-order valence-corrected chi connectivity index (χ0v) is 9.34. The zero-order valence-electron chi connectivity index (χ0n) is 8.53. The Morgan fingerprint density at radius 2 is 1.86 bits per heavy atom. The van der Waals surface area contributed by atoms with Crippen LogP contribution in [0.2, 0.25) is 0 Å². The van der Waals surface area contributed by atoms with Crippen molar-refractivity contribution < 1.29 is 8.42 Å². The van der Waals surface area contributed by atoms with Crippen LogP contribution in [0.3, 0.4) is 0 Å². The molecule has 1 fully saturated rings. The third-order valence-electron chi connectivity index (χ3n) is 2.90. The predicted molar refractivity (Wildman–Crippen MR) is 56.2 cm³/mol. The molecule has 0 aromatic carbocycles. The van der Waals surface area contributed by atoms with Crippen molar-refractivity contribution in [2.45, 2.75) is 26.3 Å². The Morgan fingerprint density at radius 1 is 1.29 bits per heavy atom. The first-order valence-corrected chi connectivity index (χ1v) is 6.66. The molecule has 4 heteroatoms. The molecule has 0 bridgehead atoms. The molecule has 0 spiro atoms. The van der Waals surface area contributed by atoms with Crippen molar-refractivity contribution in [2.75, 3.05) is 11.5 Å². The third-order valence-corrected chi connectivity index (χ3v) is 4.65. The van der Waals surface area contributed by atoms with Gasteiger partial charge in [-0.2, -0.15) is 0 Å². The SMILES string of the molecule is Cc1ccc(C)n1[C@@H]1CCS(=O)(=O)C1. The third kappa shape index (κ3) is 1.59. The van der Waals surface area contributed by atoms with Crippen molar-refractivity contribution in [1.82, 2.24) is 4.57 Å². The summed E-state index contributed by atoms with van der Waals surface area (Å²) in [6, 6.07) is 4.25. The Hall–Kier alpha value is -0.770. The second kappa shape index (κ2) is 3.12. The van der Waals surface area contributed by atoms with E-state index in [2.05, 4.69) is 4.57 Å². The number of hydrogen-bond donors (Lipinski definition) is 0. The van der Waals surface area contributed by atoms with Crippen LogP contribution in [-0.2, 0) is 9.84 Å². The van der Waals surface area contributed by atoms with Crippen LogP contribution in [0, 0.1) is 13.8 Å². The Labute approximate surface area is 84.7 Å². The summed E-state index contributed by atoms with van der Waals surface area (Å²) in [7, 11) is -2.78. The highest BCUT2D eigenvalue weighted by Gasteiger charge is 2.29. The summed E-state index contributed by atoms with van der Waals surface area (Å²) in [5.41, 5.74) is 2.31. The average Bonchev–Trinajstić information content (AvgIpc) is 2.56. The van der Waals surface area contributed by atoms with Gasteiger partial charge < -0.3 is 4.57 Å².